The molecule has 0 unspecified atom stereocenters. The molecule has 0 aliphatic heterocycles. The molecule has 2 rings (SSSR count). The van der Waals surface area contributed by atoms with E-state index < -0.39 is 10.0 Å². The second kappa shape index (κ2) is 11.4. The molecular weight excluding hydrogens is 484 g/mol. The van der Waals surface area contributed by atoms with Crippen molar-refractivity contribution in [1.82, 2.24) is 20.3 Å². The third-order valence-electron chi connectivity index (χ3n) is 3.73. The number of guanidine groups is 1. The minimum absolute atomic E-state index is 0. The van der Waals surface area contributed by atoms with E-state index in [1.165, 1.54) is 12.1 Å². The Bertz CT molecular complexity index is 854. The molecule has 1 aromatic carbocycles. The molecule has 10 heteroatoms. The van der Waals surface area contributed by atoms with Crippen LogP contribution in [0.1, 0.15) is 18.9 Å². The Balaban J connectivity index is 0.00000364. The van der Waals surface area contributed by atoms with Gasteiger partial charge in [0, 0.05) is 43.3 Å². The van der Waals surface area contributed by atoms with Crippen LogP contribution in [0.5, 0.6) is 0 Å². The van der Waals surface area contributed by atoms with E-state index in [0.29, 0.717) is 32.0 Å². The van der Waals surface area contributed by atoms with Crippen molar-refractivity contribution >= 4 is 50.9 Å². The minimum atomic E-state index is -3.15. The van der Waals surface area contributed by atoms with Crippen LogP contribution >= 0.6 is 24.0 Å². The first-order valence-electron chi connectivity index (χ1n) is 8.61. The van der Waals surface area contributed by atoms with Crippen molar-refractivity contribution in [3.8, 4) is 0 Å². The first-order valence-corrected chi connectivity index (χ1v) is 10.5. The summed E-state index contributed by atoms with van der Waals surface area (Å²) in [7, 11) is -3.15. The molecule has 2 aromatic rings. The monoisotopic (exact) mass is 511 g/mol. The molecule has 0 saturated carbocycles. The number of aromatic amines is 1. The van der Waals surface area contributed by atoms with Crippen molar-refractivity contribution in [3.63, 3.8) is 0 Å². The number of hydrogen-bond donors (Lipinski definition) is 4. The normalized spacial score (nSPS) is 12.0. The summed E-state index contributed by atoms with van der Waals surface area (Å²) in [6.45, 7) is 4.28. The van der Waals surface area contributed by atoms with Gasteiger partial charge >= 0.3 is 0 Å². The van der Waals surface area contributed by atoms with Crippen LogP contribution in [0.15, 0.2) is 29.4 Å². The molecule has 0 atom stereocenters. The average molecular weight is 511 g/mol. The zero-order valence-electron chi connectivity index (χ0n) is 15.5. The van der Waals surface area contributed by atoms with Gasteiger partial charge in [0.15, 0.2) is 5.96 Å². The Morgan fingerprint density at radius 3 is 2.74 bits per heavy atom. The van der Waals surface area contributed by atoms with Gasteiger partial charge in [-0.05, 0) is 43.5 Å². The van der Waals surface area contributed by atoms with E-state index in [1.54, 1.807) is 6.07 Å². The van der Waals surface area contributed by atoms with Crippen LogP contribution in [0.2, 0.25) is 0 Å². The lowest BCUT2D eigenvalue weighted by Crippen LogP contribution is -2.38. The van der Waals surface area contributed by atoms with Gasteiger partial charge < -0.3 is 15.6 Å². The Hall–Kier alpha value is -1.40. The Morgan fingerprint density at radius 1 is 1.26 bits per heavy atom. The van der Waals surface area contributed by atoms with E-state index in [1.807, 2.05) is 13.1 Å². The second-order valence-corrected chi connectivity index (χ2v) is 7.79. The number of sulfonamides is 1. The lowest BCUT2D eigenvalue weighted by atomic mass is 10.1. The van der Waals surface area contributed by atoms with Crippen LogP contribution in [0.25, 0.3) is 10.9 Å². The Morgan fingerprint density at radius 2 is 2.04 bits per heavy atom. The molecule has 27 heavy (non-hydrogen) atoms. The number of halogens is 2. The number of rotatable bonds is 9. The summed E-state index contributed by atoms with van der Waals surface area (Å²) in [5.41, 5.74) is 1.90. The number of H-pyrrole nitrogens is 1. The summed E-state index contributed by atoms with van der Waals surface area (Å²) in [4.78, 5) is 7.51. The topological polar surface area (TPSA) is 98.4 Å². The van der Waals surface area contributed by atoms with Crippen LogP contribution in [-0.2, 0) is 16.4 Å². The number of aromatic nitrogens is 1. The van der Waals surface area contributed by atoms with E-state index in [2.05, 4.69) is 25.3 Å². The highest BCUT2D eigenvalue weighted by Crippen LogP contribution is 2.19. The summed E-state index contributed by atoms with van der Waals surface area (Å²) >= 11 is 0. The molecule has 0 amide bonds. The van der Waals surface area contributed by atoms with Crippen molar-refractivity contribution in [2.24, 2.45) is 4.99 Å². The third-order valence-corrected chi connectivity index (χ3v) is 4.46. The van der Waals surface area contributed by atoms with E-state index >= 15 is 0 Å². The molecule has 1 heterocycles. The molecule has 0 aliphatic rings. The quantitative estimate of drug-likeness (QED) is 0.179. The van der Waals surface area contributed by atoms with Crippen LogP contribution in [0.4, 0.5) is 4.39 Å². The van der Waals surface area contributed by atoms with Crippen molar-refractivity contribution in [2.75, 3.05) is 32.4 Å². The van der Waals surface area contributed by atoms with Gasteiger partial charge in [-0.25, -0.2) is 17.5 Å². The molecule has 1 aromatic heterocycles. The SMILES string of the molecule is CCNC(=NCCCNS(C)(=O)=O)NCCc1c[nH]c2cc(F)ccc12.I. The highest BCUT2D eigenvalue weighted by molar-refractivity contribution is 14.0. The smallest absolute Gasteiger partial charge is 0.208 e. The first kappa shape index (κ1) is 23.6. The molecule has 0 saturated heterocycles. The van der Waals surface area contributed by atoms with Gasteiger partial charge in [0.1, 0.15) is 5.82 Å². The maximum Gasteiger partial charge on any atom is 0.208 e. The maximum absolute atomic E-state index is 13.2. The van der Waals surface area contributed by atoms with Gasteiger partial charge in [-0.2, -0.15) is 0 Å². The lowest BCUT2D eigenvalue weighted by Gasteiger charge is -2.11. The third kappa shape index (κ3) is 8.43. The number of hydrogen-bond acceptors (Lipinski definition) is 3. The van der Waals surface area contributed by atoms with Gasteiger partial charge in [0.2, 0.25) is 10.0 Å². The summed E-state index contributed by atoms with van der Waals surface area (Å²) in [6, 6.07) is 4.73. The largest absolute Gasteiger partial charge is 0.361 e. The van der Waals surface area contributed by atoms with Crippen LogP contribution in [0, 0.1) is 5.82 Å². The average Bonchev–Trinajstić information content (AvgIpc) is 2.95. The predicted octanol–water partition coefficient (Wildman–Crippen LogP) is 1.96. The summed E-state index contributed by atoms with van der Waals surface area (Å²) in [5.74, 6) is 0.439. The number of nitrogens with zero attached hydrogens (tertiary/aromatic N) is 1. The van der Waals surface area contributed by atoms with Gasteiger partial charge in [-0.3, -0.25) is 4.99 Å². The van der Waals surface area contributed by atoms with Crippen LogP contribution < -0.4 is 15.4 Å². The summed E-state index contributed by atoms with van der Waals surface area (Å²) in [5, 5.41) is 7.43. The fourth-order valence-corrected chi connectivity index (χ4v) is 3.07. The lowest BCUT2D eigenvalue weighted by molar-refractivity contribution is 0.585. The van der Waals surface area contributed by atoms with Crippen molar-refractivity contribution in [3.05, 3.63) is 35.8 Å². The number of aliphatic imine (C=N–C) groups is 1. The maximum atomic E-state index is 13.2. The Kier molecular flexibility index (Phi) is 10.0. The van der Waals surface area contributed by atoms with Crippen molar-refractivity contribution in [1.29, 1.82) is 0 Å². The predicted molar refractivity (Wildman–Crippen MR) is 119 cm³/mol. The fourth-order valence-electron chi connectivity index (χ4n) is 2.55. The Labute approximate surface area is 176 Å². The molecule has 7 nitrogen and oxygen atoms in total. The number of fused-ring (bicyclic) bond motifs is 1. The second-order valence-electron chi connectivity index (χ2n) is 5.96. The number of benzene rings is 1. The molecule has 4 N–H and O–H groups in total. The van der Waals surface area contributed by atoms with E-state index in [4.69, 9.17) is 0 Å². The van der Waals surface area contributed by atoms with Crippen molar-refractivity contribution < 1.29 is 12.8 Å². The zero-order valence-corrected chi connectivity index (χ0v) is 18.7. The molecule has 0 radical (unpaired) electrons. The van der Waals surface area contributed by atoms with E-state index in [-0.39, 0.29) is 29.8 Å². The van der Waals surface area contributed by atoms with Gasteiger partial charge in [-0.15, -0.1) is 24.0 Å². The number of nitrogens with one attached hydrogen (secondary N) is 4. The molecule has 0 fully saturated rings. The zero-order chi connectivity index (χ0) is 19.0. The highest BCUT2D eigenvalue weighted by Gasteiger charge is 2.05. The van der Waals surface area contributed by atoms with Crippen LogP contribution in [0.3, 0.4) is 0 Å². The van der Waals surface area contributed by atoms with Gasteiger partial charge in [-0.1, -0.05) is 0 Å². The van der Waals surface area contributed by atoms with E-state index in [9.17, 15) is 12.8 Å². The highest BCUT2D eigenvalue weighted by atomic mass is 127. The summed E-state index contributed by atoms with van der Waals surface area (Å²) in [6.07, 6.45) is 4.43. The molecular formula is C17H27FIN5O2S. The summed E-state index contributed by atoms with van der Waals surface area (Å²) < 4.78 is 37.7. The molecule has 0 aliphatic carbocycles. The van der Waals surface area contributed by atoms with Crippen molar-refractivity contribution in [2.45, 2.75) is 19.8 Å². The molecule has 152 valence electrons. The molecule has 0 bridgehead atoms. The first-order chi connectivity index (χ1) is 12.4. The minimum Gasteiger partial charge on any atom is -0.361 e. The van der Waals surface area contributed by atoms with Gasteiger partial charge in [0.05, 0.1) is 6.26 Å². The fraction of sp³-hybridized carbons (Fsp3) is 0.471. The van der Waals surface area contributed by atoms with E-state index in [0.717, 1.165) is 35.7 Å². The van der Waals surface area contributed by atoms with Gasteiger partial charge in [0.25, 0.3) is 0 Å². The standard InChI is InChI=1S/C17H26FN5O2S.HI/c1-3-19-17(20-8-4-9-23-26(2,24)25)21-10-7-13-12-22-16-11-14(18)5-6-15(13)16;/h5-6,11-12,22-23H,3-4,7-10H2,1-2H3,(H2,19,20,21);1H. The van der Waals surface area contributed by atoms with Crippen LogP contribution in [-0.4, -0.2) is 51.8 Å². The molecule has 0 spiro atoms.